The van der Waals surface area contributed by atoms with Gasteiger partial charge in [-0.2, -0.15) is 0 Å². The predicted molar refractivity (Wildman–Crippen MR) is 114 cm³/mol. The van der Waals surface area contributed by atoms with Crippen LogP contribution in [0.15, 0.2) is 59.3 Å². The van der Waals surface area contributed by atoms with E-state index in [9.17, 15) is 19.3 Å². The number of halogens is 1. The maximum atomic E-state index is 13.0. The number of aryl methyl sites for hydroxylation is 1. The molecule has 2 aromatic carbocycles. The Labute approximate surface area is 175 Å². The summed E-state index contributed by atoms with van der Waals surface area (Å²) in [4.78, 5) is 23.2. The first kappa shape index (κ1) is 20.0. The number of hydrogen-bond donors (Lipinski definition) is 1. The van der Waals surface area contributed by atoms with Crippen LogP contribution >= 0.6 is 0 Å². The van der Waals surface area contributed by atoms with Gasteiger partial charge >= 0.3 is 5.69 Å². The summed E-state index contributed by atoms with van der Waals surface area (Å²) in [7, 11) is 0. The second-order valence-corrected chi connectivity index (χ2v) is 6.86. The van der Waals surface area contributed by atoms with E-state index >= 15 is 0 Å². The van der Waals surface area contributed by atoms with Gasteiger partial charge in [0.25, 0.3) is 0 Å². The van der Waals surface area contributed by atoms with Crippen molar-refractivity contribution in [2.24, 2.45) is 0 Å². The number of amides is 1. The van der Waals surface area contributed by atoms with Crippen LogP contribution in [0.2, 0.25) is 0 Å². The zero-order chi connectivity index (χ0) is 22.0. The fraction of sp³-hybridized carbons (Fsp3) is 0.0909. The number of hydrogen-bond acceptors (Lipinski definition) is 5. The van der Waals surface area contributed by atoms with Crippen molar-refractivity contribution in [2.45, 2.75) is 13.5 Å². The number of benzene rings is 2. The number of para-hydroxylation sites is 1. The van der Waals surface area contributed by atoms with Gasteiger partial charge in [0.05, 0.1) is 4.92 Å². The van der Waals surface area contributed by atoms with Crippen molar-refractivity contribution in [1.82, 2.24) is 9.72 Å². The molecule has 1 amide bonds. The normalized spacial score (nSPS) is 11.3. The lowest BCUT2D eigenvalue weighted by atomic mass is 10.1. The van der Waals surface area contributed by atoms with E-state index in [0.29, 0.717) is 5.69 Å². The standard InChI is InChI=1S/C22H17FN4O4/c1-14-22(27(29)30)20(31-25-14)11-6-15-12-26(19-5-3-2-4-18(15)19)13-21(28)24-17-9-7-16(23)8-10-17/h2-12H,13H2,1H3,(H,24,28). The monoisotopic (exact) mass is 420 g/mol. The number of carbonyl (C=O) groups is 1. The molecule has 0 saturated carbocycles. The first-order valence-corrected chi connectivity index (χ1v) is 9.34. The quantitative estimate of drug-likeness (QED) is 0.357. The first-order chi connectivity index (χ1) is 14.9. The molecule has 4 rings (SSSR count). The number of nitro groups is 1. The number of nitrogens with one attached hydrogen (secondary N) is 1. The predicted octanol–water partition coefficient (Wildman–Crippen LogP) is 4.79. The molecule has 0 fully saturated rings. The lowest BCUT2D eigenvalue weighted by Crippen LogP contribution is -2.18. The van der Waals surface area contributed by atoms with Gasteiger partial charge in [0, 0.05) is 28.4 Å². The maximum Gasteiger partial charge on any atom is 0.338 e. The average molecular weight is 420 g/mol. The molecule has 0 aliphatic carbocycles. The van der Waals surface area contributed by atoms with Crippen LogP contribution in [0.5, 0.6) is 0 Å². The number of fused-ring (bicyclic) bond motifs is 1. The zero-order valence-corrected chi connectivity index (χ0v) is 16.4. The maximum absolute atomic E-state index is 13.0. The van der Waals surface area contributed by atoms with Crippen molar-refractivity contribution < 1.29 is 18.6 Å². The van der Waals surface area contributed by atoms with Crippen molar-refractivity contribution in [3.8, 4) is 0 Å². The van der Waals surface area contributed by atoms with E-state index in [1.807, 2.05) is 24.3 Å². The lowest BCUT2D eigenvalue weighted by molar-refractivity contribution is -0.386. The van der Waals surface area contributed by atoms with Gasteiger partial charge in [0.15, 0.2) is 5.69 Å². The largest absolute Gasteiger partial charge is 0.349 e. The zero-order valence-electron chi connectivity index (χ0n) is 16.4. The third-order valence-electron chi connectivity index (χ3n) is 4.72. The summed E-state index contributed by atoms with van der Waals surface area (Å²) >= 11 is 0. The van der Waals surface area contributed by atoms with E-state index in [0.717, 1.165) is 16.5 Å². The molecule has 4 aromatic rings. The molecule has 0 atom stereocenters. The average Bonchev–Trinajstić information content (AvgIpc) is 3.28. The summed E-state index contributed by atoms with van der Waals surface area (Å²) in [5, 5.41) is 18.5. The number of carbonyl (C=O) groups excluding carboxylic acids is 1. The highest BCUT2D eigenvalue weighted by atomic mass is 19.1. The molecular formula is C22H17FN4O4. The third-order valence-corrected chi connectivity index (χ3v) is 4.72. The molecule has 0 bridgehead atoms. The van der Waals surface area contributed by atoms with Gasteiger partial charge in [0.1, 0.15) is 12.4 Å². The van der Waals surface area contributed by atoms with Crippen LogP contribution in [0.3, 0.4) is 0 Å². The van der Waals surface area contributed by atoms with Crippen LogP contribution in [0.4, 0.5) is 15.8 Å². The fourth-order valence-corrected chi connectivity index (χ4v) is 3.31. The van der Waals surface area contributed by atoms with Crippen LogP contribution in [-0.4, -0.2) is 20.6 Å². The summed E-state index contributed by atoms with van der Waals surface area (Å²) in [5.74, 6) is -0.606. The Hall–Kier alpha value is -4.27. The molecule has 156 valence electrons. The highest BCUT2D eigenvalue weighted by molar-refractivity contribution is 5.95. The van der Waals surface area contributed by atoms with Crippen molar-refractivity contribution in [2.75, 3.05) is 5.32 Å². The molecular weight excluding hydrogens is 403 g/mol. The van der Waals surface area contributed by atoms with Crippen molar-refractivity contribution >= 4 is 40.3 Å². The number of anilines is 1. The Morgan fingerprint density at radius 1 is 1.23 bits per heavy atom. The Kier molecular flexibility index (Phi) is 5.31. The Morgan fingerprint density at radius 3 is 2.71 bits per heavy atom. The van der Waals surface area contributed by atoms with Gasteiger partial charge in [-0.15, -0.1) is 0 Å². The summed E-state index contributed by atoms with van der Waals surface area (Å²) in [5.41, 5.74) is 2.09. The van der Waals surface area contributed by atoms with Crippen molar-refractivity contribution in [3.05, 3.63) is 87.7 Å². The van der Waals surface area contributed by atoms with E-state index in [1.54, 1.807) is 16.8 Å². The van der Waals surface area contributed by atoms with Gasteiger partial charge in [0.2, 0.25) is 11.7 Å². The summed E-state index contributed by atoms with van der Waals surface area (Å²) in [6, 6.07) is 13.0. The van der Waals surface area contributed by atoms with Gasteiger partial charge in [-0.05, 0) is 49.4 Å². The van der Waals surface area contributed by atoms with E-state index in [2.05, 4.69) is 10.5 Å². The number of aromatic nitrogens is 2. The van der Waals surface area contributed by atoms with E-state index in [4.69, 9.17) is 4.52 Å². The van der Waals surface area contributed by atoms with Crippen LogP contribution in [-0.2, 0) is 11.3 Å². The minimum Gasteiger partial charge on any atom is -0.349 e. The van der Waals surface area contributed by atoms with E-state index < -0.39 is 4.92 Å². The first-order valence-electron chi connectivity index (χ1n) is 9.34. The van der Waals surface area contributed by atoms with Crippen LogP contribution in [0.1, 0.15) is 17.0 Å². The molecule has 1 N–H and O–H groups in total. The minimum atomic E-state index is -0.533. The summed E-state index contributed by atoms with van der Waals surface area (Å²) in [6.07, 6.45) is 4.95. The molecule has 2 aromatic heterocycles. The molecule has 0 aliphatic rings. The molecule has 9 heteroatoms. The Bertz CT molecular complexity index is 1310. The number of rotatable bonds is 6. The Morgan fingerprint density at radius 2 is 1.97 bits per heavy atom. The van der Waals surface area contributed by atoms with Crippen LogP contribution in [0, 0.1) is 22.9 Å². The fourth-order valence-electron chi connectivity index (χ4n) is 3.31. The summed E-state index contributed by atoms with van der Waals surface area (Å²) < 4.78 is 19.9. The smallest absolute Gasteiger partial charge is 0.338 e. The molecule has 2 heterocycles. The van der Waals surface area contributed by atoms with Gasteiger partial charge in [-0.3, -0.25) is 14.9 Å². The molecule has 0 unspecified atom stereocenters. The summed E-state index contributed by atoms with van der Waals surface area (Å²) in [6.45, 7) is 1.54. The third kappa shape index (κ3) is 4.20. The molecule has 0 saturated heterocycles. The van der Waals surface area contributed by atoms with Gasteiger partial charge in [-0.1, -0.05) is 23.4 Å². The van der Waals surface area contributed by atoms with Crippen LogP contribution in [0.25, 0.3) is 23.1 Å². The molecule has 0 radical (unpaired) electrons. The van der Waals surface area contributed by atoms with E-state index in [-0.39, 0.29) is 35.4 Å². The highest BCUT2D eigenvalue weighted by Gasteiger charge is 2.22. The highest BCUT2D eigenvalue weighted by Crippen LogP contribution is 2.27. The lowest BCUT2D eigenvalue weighted by Gasteiger charge is -2.07. The Balaban J connectivity index is 1.61. The van der Waals surface area contributed by atoms with Gasteiger partial charge in [-0.25, -0.2) is 4.39 Å². The topological polar surface area (TPSA) is 103 Å². The van der Waals surface area contributed by atoms with Gasteiger partial charge < -0.3 is 14.4 Å². The number of nitrogens with zero attached hydrogens (tertiary/aromatic N) is 3. The molecule has 8 nitrogen and oxygen atoms in total. The second kappa shape index (κ2) is 8.23. The van der Waals surface area contributed by atoms with Crippen LogP contribution < -0.4 is 5.32 Å². The second-order valence-electron chi connectivity index (χ2n) is 6.86. The molecule has 0 aliphatic heterocycles. The molecule has 31 heavy (non-hydrogen) atoms. The van der Waals surface area contributed by atoms with Crippen molar-refractivity contribution in [1.29, 1.82) is 0 Å². The van der Waals surface area contributed by atoms with E-state index in [1.165, 1.54) is 37.3 Å². The van der Waals surface area contributed by atoms with Crippen molar-refractivity contribution in [3.63, 3.8) is 0 Å². The minimum absolute atomic E-state index is 0.0350. The SMILES string of the molecule is Cc1noc(C=Cc2cn(CC(=O)Nc3ccc(F)cc3)c3ccccc23)c1[N+](=O)[O-]. The molecule has 0 spiro atoms.